The van der Waals surface area contributed by atoms with Gasteiger partial charge in [0.2, 0.25) is 10.0 Å². The molecule has 16 heavy (non-hydrogen) atoms. The van der Waals surface area contributed by atoms with Crippen molar-refractivity contribution in [3.05, 3.63) is 28.8 Å². The molecule has 1 aliphatic carbocycles. The number of hydrogen-bond acceptors (Lipinski definition) is 2. The molecular weight excluding hydrogens is 222 g/mol. The van der Waals surface area contributed by atoms with Crippen molar-refractivity contribution in [2.45, 2.75) is 37.5 Å². The van der Waals surface area contributed by atoms with E-state index >= 15 is 0 Å². The second-order valence-electron chi connectivity index (χ2n) is 4.30. The van der Waals surface area contributed by atoms with Gasteiger partial charge in [0, 0.05) is 0 Å². The van der Waals surface area contributed by atoms with Crippen molar-refractivity contribution in [2.24, 2.45) is 0 Å². The normalized spacial score (nSPS) is 15.9. The Morgan fingerprint density at radius 2 is 1.69 bits per heavy atom. The van der Waals surface area contributed by atoms with Gasteiger partial charge in [0.25, 0.3) is 0 Å². The zero-order chi connectivity index (χ0) is 11.8. The van der Waals surface area contributed by atoms with E-state index in [1.165, 1.54) is 24.6 Å². The molecule has 1 aromatic rings. The Morgan fingerprint density at radius 1 is 1.12 bits per heavy atom. The molecule has 0 unspecified atom stereocenters. The van der Waals surface area contributed by atoms with Gasteiger partial charge >= 0.3 is 0 Å². The van der Waals surface area contributed by atoms with Gasteiger partial charge in [-0.05, 0) is 62.4 Å². The summed E-state index contributed by atoms with van der Waals surface area (Å²) in [5.41, 5.74) is 3.36. The summed E-state index contributed by atoms with van der Waals surface area (Å²) >= 11 is 0. The van der Waals surface area contributed by atoms with Crippen molar-refractivity contribution in [1.82, 2.24) is 4.72 Å². The van der Waals surface area contributed by atoms with Crippen LogP contribution in [0.15, 0.2) is 17.0 Å². The lowest BCUT2D eigenvalue weighted by atomic mass is 9.90. The highest BCUT2D eigenvalue weighted by atomic mass is 32.2. The summed E-state index contributed by atoms with van der Waals surface area (Å²) in [5.74, 6) is 0. The Hall–Kier alpha value is -0.870. The van der Waals surface area contributed by atoms with E-state index in [1.54, 1.807) is 0 Å². The van der Waals surface area contributed by atoms with Gasteiger partial charge in [-0.15, -0.1) is 0 Å². The molecule has 1 aliphatic rings. The molecule has 0 atom stereocenters. The van der Waals surface area contributed by atoms with Crippen LogP contribution in [0.2, 0.25) is 0 Å². The van der Waals surface area contributed by atoms with Crippen LogP contribution in [0, 0.1) is 6.92 Å². The van der Waals surface area contributed by atoms with E-state index in [0.717, 1.165) is 24.8 Å². The lowest BCUT2D eigenvalue weighted by Gasteiger charge is -2.18. The van der Waals surface area contributed by atoms with Crippen LogP contribution in [0.4, 0.5) is 0 Å². The molecule has 88 valence electrons. The van der Waals surface area contributed by atoms with Crippen LogP contribution in [0.3, 0.4) is 0 Å². The quantitative estimate of drug-likeness (QED) is 0.855. The summed E-state index contributed by atoms with van der Waals surface area (Å²) in [4.78, 5) is 0.427. The van der Waals surface area contributed by atoms with Gasteiger partial charge in [-0.1, -0.05) is 6.07 Å². The van der Waals surface area contributed by atoms with Crippen LogP contribution in [0.1, 0.15) is 29.5 Å². The Labute approximate surface area is 96.9 Å². The molecule has 0 radical (unpaired) electrons. The minimum Gasteiger partial charge on any atom is -0.214 e. The lowest BCUT2D eigenvalue weighted by Crippen LogP contribution is -2.20. The SMILES string of the molecule is CNS(=O)(=O)c1cc2c(cc1C)CCCC2. The second-order valence-corrected chi connectivity index (χ2v) is 6.16. The molecule has 2 rings (SSSR count). The van der Waals surface area contributed by atoms with Gasteiger partial charge in [-0.25, -0.2) is 13.1 Å². The van der Waals surface area contributed by atoms with Crippen LogP contribution >= 0.6 is 0 Å². The molecule has 0 aromatic heterocycles. The van der Waals surface area contributed by atoms with Gasteiger partial charge < -0.3 is 0 Å². The minimum atomic E-state index is -3.31. The van der Waals surface area contributed by atoms with E-state index in [9.17, 15) is 8.42 Å². The first kappa shape index (κ1) is 11.6. The molecule has 0 fully saturated rings. The number of benzene rings is 1. The highest BCUT2D eigenvalue weighted by Gasteiger charge is 2.18. The molecule has 3 nitrogen and oxygen atoms in total. The Balaban J connectivity index is 2.56. The summed E-state index contributed by atoms with van der Waals surface area (Å²) in [6.07, 6.45) is 4.46. The van der Waals surface area contributed by atoms with Crippen LogP contribution in [-0.2, 0) is 22.9 Å². The molecule has 0 heterocycles. The Morgan fingerprint density at radius 3 is 2.25 bits per heavy atom. The number of aryl methyl sites for hydroxylation is 3. The van der Waals surface area contributed by atoms with Crippen LogP contribution < -0.4 is 4.72 Å². The zero-order valence-electron chi connectivity index (χ0n) is 9.71. The number of fused-ring (bicyclic) bond motifs is 1. The van der Waals surface area contributed by atoms with E-state index in [1.807, 2.05) is 19.1 Å². The van der Waals surface area contributed by atoms with Crippen LogP contribution in [-0.4, -0.2) is 15.5 Å². The largest absolute Gasteiger partial charge is 0.240 e. The van der Waals surface area contributed by atoms with E-state index in [2.05, 4.69) is 4.72 Å². The fraction of sp³-hybridized carbons (Fsp3) is 0.500. The van der Waals surface area contributed by atoms with Gasteiger partial charge in [-0.2, -0.15) is 0 Å². The second kappa shape index (κ2) is 4.18. The highest BCUT2D eigenvalue weighted by Crippen LogP contribution is 2.26. The molecule has 1 N–H and O–H groups in total. The highest BCUT2D eigenvalue weighted by molar-refractivity contribution is 7.89. The van der Waals surface area contributed by atoms with E-state index < -0.39 is 10.0 Å². The molecule has 0 saturated heterocycles. The third-order valence-corrected chi connectivity index (χ3v) is 4.75. The van der Waals surface area contributed by atoms with Gasteiger partial charge in [0.1, 0.15) is 0 Å². The van der Waals surface area contributed by atoms with Crippen molar-refractivity contribution in [3.63, 3.8) is 0 Å². The number of rotatable bonds is 2. The van der Waals surface area contributed by atoms with Gasteiger partial charge in [0.15, 0.2) is 0 Å². The standard InChI is InChI=1S/C12H17NO2S/c1-9-7-10-5-3-4-6-11(10)8-12(9)16(14,15)13-2/h7-8,13H,3-6H2,1-2H3. The third kappa shape index (κ3) is 1.99. The zero-order valence-corrected chi connectivity index (χ0v) is 10.5. The van der Waals surface area contributed by atoms with E-state index in [-0.39, 0.29) is 0 Å². The topological polar surface area (TPSA) is 46.2 Å². The average Bonchev–Trinajstić information content (AvgIpc) is 2.28. The maximum Gasteiger partial charge on any atom is 0.240 e. The molecule has 0 bridgehead atoms. The predicted molar refractivity (Wildman–Crippen MR) is 64.1 cm³/mol. The molecule has 4 heteroatoms. The van der Waals surface area contributed by atoms with Crippen molar-refractivity contribution < 1.29 is 8.42 Å². The molecule has 0 spiro atoms. The van der Waals surface area contributed by atoms with Gasteiger partial charge in [0.05, 0.1) is 4.90 Å². The van der Waals surface area contributed by atoms with Crippen molar-refractivity contribution >= 4 is 10.0 Å². The molecule has 0 saturated carbocycles. The van der Waals surface area contributed by atoms with E-state index in [4.69, 9.17) is 0 Å². The Kier molecular flexibility index (Phi) is 3.04. The molecular formula is C12H17NO2S. The first-order valence-corrected chi connectivity index (χ1v) is 7.09. The summed E-state index contributed by atoms with van der Waals surface area (Å²) in [7, 11) is -1.86. The first-order chi connectivity index (χ1) is 7.54. The average molecular weight is 239 g/mol. The monoisotopic (exact) mass is 239 g/mol. The third-order valence-electron chi connectivity index (χ3n) is 3.20. The maximum absolute atomic E-state index is 11.8. The summed E-state index contributed by atoms with van der Waals surface area (Å²) in [5, 5.41) is 0. The van der Waals surface area contributed by atoms with Crippen molar-refractivity contribution in [1.29, 1.82) is 0 Å². The van der Waals surface area contributed by atoms with E-state index in [0.29, 0.717) is 4.90 Å². The van der Waals surface area contributed by atoms with Crippen molar-refractivity contribution in [2.75, 3.05) is 7.05 Å². The summed E-state index contributed by atoms with van der Waals surface area (Å²) in [6.45, 7) is 1.86. The van der Waals surface area contributed by atoms with Crippen molar-refractivity contribution in [3.8, 4) is 0 Å². The molecule has 1 aromatic carbocycles. The fourth-order valence-corrected chi connectivity index (χ4v) is 3.29. The minimum absolute atomic E-state index is 0.427. The Bertz CT molecular complexity index is 506. The van der Waals surface area contributed by atoms with Crippen LogP contribution in [0.25, 0.3) is 0 Å². The molecule has 0 aliphatic heterocycles. The smallest absolute Gasteiger partial charge is 0.214 e. The fourth-order valence-electron chi connectivity index (χ4n) is 2.29. The maximum atomic E-state index is 11.8. The summed E-state index contributed by atoms with van der Waals surface area (Å²) in [6, 6.07) is 3.87. The number of hydrogen-bond donors (Lipinski definition) is 1. The molecule has 0 amide bonds. The number of sulfonamides is 1. The predicted octanol–water partition coefficient (Wildman–Crippen LogP) is 1.78. The summed E-state index contributed by atoms with van der Waals surface area (Å²) < 4.78 is 26.0. The van der Waals surface area contributed by atoms with Gasteiger partial charge in [-0.3, -0.25) is 0 Å². The lowest BCUT2D eigenvalue weighted by molar-refractivity contribution is 0.587. The number of nitrogens with one attached hydrogen (secondary N) is 1. The van der Waals surface area contributed by atoms with Crippen LogP contribution in [0.5, 0.6) is 0 Å². The first-order valence-electron chi connectivity index (χ1n) is 5.60.